The normalized spacial score (nSPS) is 26.3. The zero-order valence-corrected chi connectivity index (χ0v) is 10.5. The SMILES string of the molecule is Cc1cccc(C(C)(NC2CC2C)C(=O)O)c1. The van der Waals surface area contributed by atoms with Gasteiger partial charge in [0, 0.05) is 6.04 Å². The van der Waals surface area contributed by atoms with Crippen LogP contribution in [-0.4, -0.2) is 17.1 Å². The van der Waals surface area contributed by atoms with E-state index < -0.39 is 11.5 Å². The molecule has 1 aromatic rings. The van der Waals surface area contributed by atoms with Gasteiger partial charge in [-0.1, -0.05) is 36.8 Å². The van der Waals surface area contributed by atoms with Gasteiger partial charge in [-0.25, -0.2) is 4.79 Å². The summed E-state index contributed by atoms with van der Waals surface area (Å²) in [5.74, 6) is -0.235. The van der Waals surface area contributed by atoms with E-state index in [4.69, 9.17) is 0 Å². The van der Waals surface area contributed by atoms with Crippen molar-refractivity contribution in [1.82, 2.24) is 5.32 Å². The molecule has 3 unspecified atom stereocenters. The van der Waals surface area contributed by atoms with Gasteiger partial charge in [0.1, 0.15) is 5.54 Å². The predicted molar refractivity (Wildman–Crippen MR) is 66.9 cm³/mol. The third-order valence-electron chi connectivity index (χ3n) is 3.61. The second-order valence-corrected chi connectivity index (χ2v) is 5.26. The van der Waals surface area contributed by atoms with Gasteiger partial charge in [-0.05, 0) is 31.7 Å². The molecule has 0 aromatic heterocycles. The molecule has 0 heterocycles. The Hall–Kier alpha value is -1.35. The lowest BCUT2D eigenvalue weighted by Gasteiger charge is -2.27. The fourth-order valence-electron chi connectivity index (χ4n) is 2.12. The minimum Gasteiger partial charge on any atom is -0.480 e. The Labute approximate surface area is 102 Å². The van der Waals surface area contributed by atoms with Crippen molar-refractivity contribution in [3.63, 3.8) is 0 Å². The largest absolute Gasteiger partial charge is 0.480 e. The molecule has 2 rings (SSSR count). The molecule has 1 aromatic carbocycles. The first-order valence-corrected chi connectivity index (χ1v) is 6.01. The lowest BCUT2D eigenvalue weighted by Crippen LogP contribution is -2.48. The molecule has 1 saturated carbocycles. The van der Waals surface area contributed by atoms with E-state index in [-0.39, 0.29) is 0 Å². The number of benzene rings is 1. The number of rotatable bonds is 4. The van der Waals surface area contributed by atoms with Gasteiger partial charge in [0.15, 0.2) is 0 Å². The second kappa shape index (κ2) is 4.15. The maximum atomic E-state index is 11.5. The Kier molecular flexibility index (Phi) is 2.96. The van der Waals surface area contributed by atoms with Crippen molar-refractivity contribution < 1.29 is 9.90 Å². The summed E-state index contributed by atoms with van der Waals surface area (Å²) in [6.07, 6.45) is 1.06. The van der Waals surface area contributed by atoms with Crippen LogP contribution < -0.4 is 5.32 Å². The van der Waals surface area contributed by atoms with Crippen LogP contribution in [0.25, 0.3) is 0 Å². The van der Waals surface area contributed by atoms with Crippen LogP contribution in [0.3, 0.4) is 0 Å². The molecule has 2 N–H and O–H groups in total. The fraction of sp³-hybridized carbons (Fsp3) is 0.500. The smallest absolute Gasteiger partial charge is 0.328 e. The lowest BCUT2D eigenvalue weighted by molar-refractivity contribution is -0.144. The van der Waals surface area contributed by atoms with Crippen LogP contribution in [0, 0.1) is 12.8 Å². The average Bonchev–Trinajstić information content (AvgIpc) is 2.93. The van der Waals surface area contributed by atoms with E-state index in [0.29, 0.717) is 12.0 Å². The van der Waals surface area contributed by atoms with E-state index in [0.717, 1.165) is 17.5 Å². The molecular formula is C14H19NO2. The highest BCUT2D eigenvalue weighted by Gasteiger charge is 2.43. The van der Waals surface area contributed by atoms with Crippen LogP contribution in [0.4, 0.5) is 0 Å². The topological polar surface area (TPSA) is 49.3 Å². The average molecular weight is 233 g/mol. The molecule has 0 radical (unpaired) electrons. The molecule has 0 spiro atoms. The number of carbonyl (C=O) groups is 1. The highest BCUT2D eigenvalue weighted by atomic mass is 16.4. The molecule has 3 nitrogen and oxygen atoms in total. The van der Waals surface area contributed by atoms with E-state index in [1.54, 1.807) is 6.92 Å². The summed E-state index contributed by atoms with van der Waals surface area (Å²) in [5.41, 5.74) is 0.922. The van der Waals surface area contributed by atoms with Crippen LogP contribution in [0.2, 0.25) is 0 Å². The molecule has 0 aliphatic heterocycles. The fourth-order valence-corrected chi connectivity index (χ4v) is 2.12. The van der Waals surface area contributed by atoms with Gasteiger partial charge in [0.2, 0.25) is 0 Å². The number of carboxylic acid groups (broad SMARTS) is 1. The summed E-state index contributed by atoms with van der Waals surface area (Å²) in [5, 5.41) is 12.7. The summed E-state index contributed by atoms with van der Waals surface area (Å²) in [6.45, 7) is 5.86. The van der Waals surface area contributed by atoms with Crippen molar-refractivity contribution in [3.05, 3.63) is 35.4 Å². The van der Waals surface area contributed by atoms with E-state index in [2.05, 4.69) is 12.2 Å². The van der Waals surface area contributed by atoms with Crippen molar-refractivity contribution in [3.8, 4) is 0 Å². The number of aliphatic carboxylic acids is 1. The second-order valence-electron chi connectivity index (χ2n) is 5.26. The Morgan fingerprint density at radius 3 is 2.65 bits per heavy atom. The number of aryl methyl sites for hydroxylation is 1. The molecule has 1 fully saturated rings. The van der Waals surface area contributed by atoms with Crippen molar-refractivity contribution in [2.75, 3.05) is 0 Å². The number of hydrogen-bond donors (Lipinski definition) is 2. The Morgan fingerprint density at radius 2 is 2.18 bits per heavy atom. The molecule has 0 amide bonds. The first-order valence-electron chi connectivity index (χ1n) is 6.01. The van der Waals surface area contributed by atoms with Crippen LogP contribution in [-0.2, 0) is 10.3 Å². The lowest BCUT2D eigenvalue weighted by atomic mass is 9.90. The van der Waals surface area contributed by atoms with Gasteiger partial charge in [0.25, 0.3) is 0 Å². The molecule has 17 heavy (non-hydrogen) atoms. The third-order valence-corrected chi connectivity index (χ3v) is 3.61. The minimum absolute atomic E-state index is 0.330. The van der Waals surface area contributed by atoms with Crippen molar-refractivity contribution in [2.45, 2.75) is 38.8 Å². The molecule has 3 heteroatoms. The van der Waals surface area contributed by atoms with Gasteiger partial charge >= 0.3 is 5.97 Å². The third kappa shape index (κ3) is 2.34. The van der Waals surface area contributed by atoms with E-state index >= 15 is 0 Å². The van der Waals surface area contributed by atoms with Crippen molar-refractivity contribution in [2.24, 2.45) is 5.92 Å². The number of hydrogen-bond acceptors (Lipinski definition) is 2. The Bertz CT molecular complexity index is 444. The quantitative estimate of drug-likeness (QED) is 0.839. The zero-order chi connectivity index (χ0) is 12.6. The van der Waals surface area contributed by atoms with Gasteiger partial charge in [-0.2, -0.15) is 0 Å². The van der Waals surface area contributed by atoms with Crippen LogP contribution in [0.5, 0.6) is 0 Å². The van der Waals surface area contributed by atoms with E-state index in [1.165, 1.54) is 0 Å². The van der Waals surface area contributed by atoms with E-state index in [9.17, 15) is 9.90 Å². The molecule has 1 aliphatic carbocycles. The monoisotopic (exact) mass is 233 g/mol. The maximum Gasteiger partial charge on any atom is 0.328 e. The standard InChI is InChI=1S/C14H19NO2/c1-9-5-4-6-11(7-9)14(3,13(16)17)15-12-8-10(12)2/h4-7,10,12,15H,8H2,1-3H3,(H,16,17). The molecule has 0 saturated heterocycles. The molecular weight excluding hydrogens is 214 g/mol. The van der Waals surface area contributed by atoms with Gasteiger partial charge < -0.3 is 5.11 Å². The van der Waals surface area contributed by atoms with Gasteiger partial charge in [0.05, 0.1) is 0 Å². The highest BCUT2D eigenvalue weighted by molar-refractivity contribution is 5.80. The summed E-state index contributed by atoms with van der Waals surface area (Å²) >= 11 is 0. The first kappa shape index (κ1) is 12.1. The number of carboxylic acids is 1. The molecule has 0 bridgehead atoms. The highest BCUT2D eigenvalue weighted by Crippen LogP contribution is 2.34. The minimum atomic E-state index is -0.985. The van der Waals surface area contributed by atoms with Crippen LogP contribution in [0.15, 0.2) is 24.3 Å². The van der Waals surface area contributed by atoms with Crippen LogP contribution >= 0.6 is 0 Å². The predicted octanol–water partition coefficient (Wildman–Crippen LogP) is 2.29. The first-order chi connectivity index (χ1) is 7.93. The van der Waals surface area contributed by atoms with Gasteiger partial charge in [-0.15, -0.1) is 0 Å². The van der Waals surface area contributed by atoms with Crippen molar-refractivity contribution >= 4 is 5.97 Å². The summed E-state index contributed by atoms with van der Waals surface area (Å²) in [6, 6.07) is 8.03. The van der Waals surface area contributed by atoms with E-state index in [1.807, 2.05) is 31.2 Å². The maximum absolute atomic E-state index is 11.5. The molecule has 3 atom stereocenters. The van der Waals surface area contributed by atoms with Crippen molar-refractivity contribution in [1.29, 1.82) is 0 Å². The molecule has 92 valence electrons. The Balaban J connectivity index is 2.30. The van der Waals surface area contributed by atoms with Gasteiger partial charge in [-0.3, -0.25) is 5.32 Å². The number of nitrogens with one attached hydrogen (secondary N) is 1. The summed E-state index contributed by atoms with van der Waals surface area (Å²) in [4.78, 5) is 11.5. The van der Waals surface area contributed by atoms with Crippen LogP contribution in [0.1, 0.15) is 31.4 Å². The zero-order valence-electron chi connectivity index (χ0n) is 10.5. The Morgan fingerprint density at radius 1 is 1.53 bits per heavy atom. The summed E-state index contributed by atoms with van der Waals surface area (Å²) in [7, 11) is 0. The summed E-state index contributed by atoms with van der Waals surface area (Å²) < 4.78 is 0. The molecule has 1 aliphatic rings.